The highest BCUT2D eigenvalue weighted by molar-refractivity contribution is 7.89. The van der Waals surface area contributed by atoms with Gasteiger partial charge >= 0.3 is 12.3 Å². The van der Waals surface area contributed by atoms with Gasteiger partial charge in [0.1, 0.15) is 5.69 Å². The first-order valence-electron chi connectivity index (χ1n) is 7.98. The third-order valence-corrected chi connectivity index (χ3v) is 6.06. The van der Waals surface area contributed by atoms with Crippen molar-refractivity contribution >= 4 is 26.9 Å². The minimum atomic E-state index is -5.05. The fourth-order valence-corrected chi connectivity index (χ4v) is 3.98. The molecule has 0 amide bonds. The van der Waals surface area contributed by atoms with E-state index < -0.39 is 31.5 Å². The molecule has 1 N–H and O–H groups in total. The average molecular weight is 412 g/mol. The summed E-state index contributed by atoms with van der Waals surface area (Å²) in [6.07, 6.45) is -5.05. The van der Waals surface area contributed by atoms with E-state index in [-0.39, 0.29) is 12.2 Å². The number of nitrogens with zero attached hydrogens (tertiary/aromatic N) is 2. The van der Waals surface area contributed by atoms with Gasteiger partial charge in [0.2, 0.25) is 10.0 Å². The molecule has 6 nitrogen and oxygen atoms in total. The molecule has 0 atom stereocenters. The molecule has 0 aliphatic heterocycles. The van der Waals surface area contributed by atoms with Crippen LogP contribution in [0.4, 0.5) is 13.2 Å². The van der Waals surface area contributed by atoms with Gasteiger partial charge < -0.3 is 9.67 Å². The van der Waals surface area contributed by atoms with Crippen molar-refractivity contribution in [2.45, 2.75) is 17.7 Å². The molecule has 0 unspecified atom stereocenters. The minimum absolute atomic E-state index is 0.0122. The van der Waals surface area contributed by atoms with Crippen LogP contribution in [0.15, 0.2) is 59.5 Å². The molecule has 0 saturated heterocycles. The van der Waals surface area contributed by atoms with Crippen LogP contribution in [-0.4, -0.2) is 41.7 Å². The SMILES string of the molecule is CN(C(F)(F)F)S(=O)(=O)c1cccc(Cn2c(C(=O)O)cc3ccccc32)c1. The van der Waals surface area contributed by atoms with Gasteiger partial charge in [-0.05, 0) is 29.8 Å². The molecule has 0 bridgehead atoms. The van der Waals surface area contributed by atoms with E-state index in [1.807, 2.05) is 0 Å². The number of hydrogen-bond donors (Lipinski definition) is 1. The number of carboxylic acids is 1. The van der Waals surface area contributed by atoms with Gasteiger partial charge in [-0.15, -0.1) is 4.31 Å². The number of aromatic carboxylic acids is 1. The second kappa shape index (κ2) is 6.95. The molecule has 28 heavy (non-hydrogen) atoms. The molecule has 0 saturated carbocycles. The van der Waals surface area contributed by atoms with Crippen LogP contribution in [-0.2, 0) is 16.6 Å². The molecule has 0 spiro atoms. The van der Waals surface area contributed by atoms with E-state index in [9.17, 15) is 31.5 Å². The van der Waals surface area contributed by atoms with E-state index in [2.05, 4.69) is 0 Å². The minimum Gasteiger partial charge on any atom is -0.477 e. The van der Waals surface area contributed by atoms with Crippen LogP contribution >= 0.6 is 0 Å². The number of alkyl halides is 3. The van der Waals surface area contributed by atoms with Crippen molar-refractivity contribution in [1.82, 2.24) is 8.87 Å². The number of benzene rings is 2. The first-order chi connectivity index (χ1) is 13.0. The van der Waals surface area contributed by atoms with Gasteiger partial charge in [0.25, 0.3) is 0 Å². The highest BCUT2D eigenvalue weighted by Gasteiger charge is 2.43. The van der Waals surface area contributed by atoms with Gasteiger partial charge in [-0.25, -0.2) is 13.2 Å². The number of hydrogen-bond acceptors (Lipinski definition) is 3. The van der Waals surface area contributed by atoms with E-state index >= 15 is 0 Å². The number of aromatic nitrogens is 1. The maximum atomic E-state index is 12.8. The van der Waals surface area contributed by atoms with Crippen LogP contribution in [0.25, 0.3) is 10.9 Å². The Morgan fingerprint density at radius 1 is 1.11 bits per heavy atom. The summed E-state index contributed by atoms with van der Waals surface area (Å²) in [5.74, 6) is -1.17. The summed E-state index contributed by atoms with van der Waals surface area (Å²) in [5, 5.41) is 10.1. The fourth-order valence-electron chi connectivity index (χ4n) is 2.84. The van der Waals surface area contributed by atoms with Crippen molar-refractivity contribution in [2.24, 2.45) is 0 Å². The highest BCUT2D eigenvalue weighted by Crippen LogP contribution is 2.28. The molecule has 148 valence electrons. The van der Waals surface area contributed by atoms with Crippen LogP contribution < -0.4 is 0 Å². The van der Waals surface area contributed by atoms with E-state index in [1.54, 1.807) is 24.3 Å². The maximum absolute atomic E-state index is 12.8. The van der Waals surface area contributed by atoms with E-state index in [0.717, 1.165) is 12.1 Å². The number of carbonyl (C=O) groups is 1. The van der Waals surface area contributed by atoms with Crippen molar-refractivity contribution < 1.29 is 31.5 Å². The Bertz CT molecular complexity index is 1150. The Hall–Kier alpha value is -2.85. The van der Waals surface area contributed by atoms with Gasteiger partial charge in [0.15, 0.2) is 0 Å². The fraction of sp³-hybridized carbons (Fsp3) is 0.167. The lowest BCUT2D eigenvalue weighted by Crippen LogP contribution is -2.39. The van der Waals surface area contributed by atoms with Crippen LogP contribution in [0.2, 0.25) is 0 Å². The van der Waals surface area contributed by atoms with Crippen LogP contribution in [0, 0.1) is 0 Å². The highest BCUT2D eigenvalue weighted by atomic mass is 32.2. The van der Waals surface area contributed by atoms with Gasteiger partial charge in [-0.3, -0.25) is 0 Å². The van der Waals surface area contributed by atoms with Crippen LogP contribution in [0.5, 0.6) is 0 Å². The quantitative estimate of drug-likeness (QED) is 0.651. The van der Waals surface area contributed by atoms with Crippen LogP contribution in [0.3, 0.4) is 0 Å². The second-order valence-corrected chi connectivity index (χ2v) is 8.04. The third kappa shape index (κ3) is 3.60. The van der Waals surface area contributed by atoms with Gasteiger partial charge in [-0.1, -0.05) is 30.3 Å². The molecule has 2 aromatic carbocycles. The smallest absolute Gasteiger partial charge is 0.473 e. The van der Waals surface area contributed by atoms with Gasteiger partial charge in [0.05, 0.1) is 4.90 Å². The first kappa shape index (κ1) is 19.9. The summed E-state index contributed by atoms with van der Waals surface area (Å²) in [4.78, 5) is 11.0. The molecule has 0 radical (unpaired) electrons. The summed E-state index contributed by atoms with van der Waals surface area (Å²) >= 11 is 0. The summed E-state index contributed by atoms with van der Waals surface area (Å²) in [6, 6.07) is 13.4. The zero-order chi connectivity index (χ0) is 20.7. The Kier molecular flexibility index (Phi) is 4.94. The van der Waals surface area contributed by atoms with Crippen molar-refractivity contribution in [3.63, 3.8) is 0 Å². The molecular weight excluding hydrogens is 397 g/mol. The van der Waals surface area contributed by atoms with Crippen molar-refractivity contribution in [3.8, 4) is 0 Å². The number of sulfonamides is 1. The largest absolute Gasteiger partial charge is 0.477 e. The van der Waals surface area contributed by atoms with Crippen LogP contribution in [0.1, 0.15) is 16.1 Å². The monoisotopic (exact) mass is 412 g/mol. The Labute approximate surface area is 158 Å². The van der Waals surface area contributed by atoms with E-state index in [4.69, 9.17) is 0 Å². The Balaban J connectivity index is 2.05. The average Bonchev–Trinajstić information content (AvgIpc) is 2.99. The topological polar surface area (TPSA) is 79.6 Å². The molecule has 0 fully saturated rings. The van der Waals surface area contributed by atoms with Crippen molar-refractivity contribution in [3.05, 3.63) is 65.9 Å². The number of rotatable bonds is 5. The number of halogens is 3. The number of para-hydroxylation sites is 1. The summed E-state index contributed by atoms with van der Waals surface area (Å²) < 4.78 is 63.8. The molecule has 1 heterocycles. The van der Waals surface area contributed by atoms with E-state index in [0.29, 0.717) is 23.5 Å². The molecular formula is C18H15F3N2O4S. The van der Waals surface area contributed by atoms with E-state index in [1.165, 1.54) is 22.8 Å². The summed E-state index contributed by atoms with van der Waals surface area (Å²) in [5.41, 5.74) is 0.947. The first-order valence-corrected chi connectivity index (χ1v) is 9.42. The van der Waals surface area contributed by atoms with Gasteiger partial charge in [-0.2, -0.15) is 13.2 Å². The molecule has 10 heteroatoms. The second-order valence-electron chi connectivity index (χ2n) is 6.07. The number of fused-ring (bicyclic) bond motifs is 1. The summed E-state index contributed by atoms with van der Waals surface area (Å²) in [7, 11) is -4.35. The molecule has 0 aliphatic rings. The molecule has 3 aromatic rings. The molecule has 0 aliphatic carbocycles. The molecule has 3 rings (SSSR count). The zero-order valence-corrected chi connectivity index (χ0v) is 15.3. The van der Waals surface area contributed by atoms with Crippen molar-refractivity contribution in [1.29, 1.82) is 0 Å². The zero-order valence-electron chi connectivity index (χ0n) is 14.5. The lowest BCUT2D eigenvalue weighted by atomic mass is 10.2. The predicted octanol–water partition coefficient (Wildman–Crippen LogP) is 3.53. The molecule has 1 aromatic heterocycles. The predicted molar refractivity (Wildman–Crippen MR) is 95.4 cm³/mol. The number of carboxylic acid groups (broad SMARTS) is 1. The van der Waals surface area contributed by atoms with Crippen molar-refractivity contribution in [2.75, 3.05) is 7.05 Å². The summed E-state index contributed by atoms with van der Waals surface area (Å²) in [6.45, 7) is -0.0196. The lowest BCUT2D eigenvalue weighted by molar-refractivity contribution is -0.202. The maximum Gasteiger partial charge on any atom is 0.473 e. The Morgan fingerprint density at radius 2 is 1.79 bits per heavy atom. The lowest BCUT2D eigenvalue weighted by Gasteiger charge is -2.20. The Morgan fingerprint density at radius 3 is 2.43 bits per heavy atom. The van der Waals surface area contributed by atoms with Gasteiger partial charge in [0, 0.05) is 24.5 Å². The normalized spacial score (nSPS) is 12.6. The standard InChI is InChI=1S/C18H15F3N2O4S/c1-22(18(19,20)21)28(26,27)14-7-4-5-12(9-14)11-23-15-8-3-2-6-13(15)10-16(23)17(24)25/h2-10H,11H2,1H3,(H,24,25). The third-order valence-electron chi connectivity index (χ3n) is 4.28.